The molecule has 0 atom stereocenters. The number of benzene rings is 2. The van der Waals surface area contributed by atoms with Crippen molar-refractivity contribution in [1.82, 2.24) is 15.6 Å². The van der Waals surface area contributed by atoms with Crippen LogP contribution in [0.15, 0.2) is 54.2 Å². The van der Waals surface area contributed by atoms with E-state index in [4.69, 9.17) is 9.47 Å². The zero-order valence-corrected chi connectivity index (χ0v) is 26.5. The number of hydrogen-bond acceptors (Lipinski definition) is 7. The van der Waals surface area contributed by atoms with Crippen LogP contribution in [0.4, 0.5) is 15.6 Å². The average molecular weight is 606 g/mol. The Morgan fingerprint density at radius 3 is 2.35 bits per heavy atom. The smallest absolute Gasteiger partial charge is 0.319 e. The van der Waals surface area contributed by atoms with Crippen molar-refractivity contribution in [3.05, 3.63) is 70.9 Å². The molecule has 43 heavy (non-hydrogen) atoms. The average Bonchev–Trinajstić information content (AvgIpc) is 3.44. The van der Waals surface area contributed by atoms with E-state index in [1.165, 1.54) is 28.0 Å². The fourth-order valence-electron chi connectivity index (χ4n) is 5.26. The van der Waals surface area contributed by atoms with Gasteiger partial charge in [0.1, 0.15) is 5.75 Å². The summed E-state index contributed by atoms with van der Waals surface area (Å²) in [7, 11) is 1.60. The van der Waals surface area contributed by atoms with Crippen LogP contribution in [0.2, 0.25) is 0 Å². The van der Waals surface area contributed by atoms with Gasteiger partial charge in [0.05, 0.1) is 12.8 Å². The molecule has 0 spiro atoms. The summed E-state index contributed by atoms with van der Waals surface area (Å²) in [4.78, 5) is 29.7. The normalized spacial score (nSPS) is 13.2. The molecular weight excluding hydrogens is 562 g/mol. The first-order chi connectivity index (χ1) is 20.8. The van der Waals surface area contributed by atoms with Crippen molar-refractivity contribution in [3.63, 3.8) is 0 Å². The van der Waals surface area contributed by atoms with Crippen molar-refractivity contribution >= 4 is 39.7 Å². The van der Waals surface area contributed by atoms with Crippen molar-refractivity contribution < 1.29 is 19.1 Å². The summed E-state index contributed by atoms with van der Waals surface area (Å²) in [5, 5.41) is 13.1. The van der Waals surface area contributed by atoms with E-state index in [2.05, 4.69) is 40.1 Å². The van der Waals surface area contributed by atoms with E-state index in [-0.39, 0.29) is 18.0 Å². The maximum Gasteiger partial charge on any atom is 0.319 e. The lowest BCUT2D eigenvalue weighted by molar-refractivity contribution is 0.102. The third-order valence-corrected chi connectivity index (χ3v) is 8.27. The van der Waals surface area contributed by atoms with Crippen LogP contribution >= 0.6 is 11.3 Å². The largest absolute Gasteiger partial charge is 0.445 e. The molecule has 2 aromatic carbocycles. The standard InChI is InChI=1S/C33H43N5O4S/c1-6-26(7-2)36-32(40)37-27-12-13-28(25(18-27)20-41-5)42-29-19-35-33(43-29)38-31(39)24-10-8-22(9-11-24)30(21(3)4)23-14-16-34-17-15-23/h8-13,18-19,21,26,34H,6-7,14-17,20H2,1-5H3,(H,35,38,39)(H2,36,37,40). The number of methoxy groups -OCH3 is 1. The van der Waals surface area contributed by atoms with E-state index >= 15 is 0 Å². The van der Waals surface area contributed by atoms with Crippen molar-refractivity contribution in [2.45, 2.75) is 66.0 Å². The van der Waals surface area contributed by atoms with E-state index in [0.29, 0.717) is 39.7 Å². The van der Waals surface area contributed by atoms with Gasteiger partial charge in [-0.25, -0.2) is 9.78 Å². The number of rotatable bonds is 12. The molecule has 0 unspecified atom stereocenters. The van der Waals surface area contributed by atoms with Crippen LogP contribution < -0.4 is 26.0 Å². The van der Waals surface area contributed by atoms with E-state index in [0.717, 1.165) is 44.3 Å². The minimum absolute atomic E-state index is 0.126. The molecule has 0 bridgehead atoms. The lowest BCUT2D eigenvalue weighted by Gasteiger charge is -2.23. The molecule has 9 nitrogen and oxygen atoms in total. The molecule has 4 N–H and O–H groups in total. The number of thiazole rings is 1. The highest BCUT2D eigenvalue weighted by atomic mass is 32.1. The van der Waals surface area contributed by atoms with E-state index < -0.39 is 0 Å². The van der Waals surface area contributed by atoms with Gasteiger partial charge in [0.15, 0.2) is 5.13 Å². The van der Waals surface area contributed by atoms with Crippen LogP contribution in [0.1, 0.15) is 74.9 Å². The lowest BCUT2D eigenvalue weighted by atomic mass is 9.86. The number of nitrogens with zero attached hydrogens (tertiary/aromatic N) is 1. The van der Waals surface area contributed by atoms with E-state index in [9.17, 15) is 9.59 Å². The third-order valence-electron chi connectivity index (χ3n) is 7.48. The second-order valence-corrected chi connectivity index (χ2v) is 11.9. The molecule has 0 radical (unpaired) electrons. The second kappa shape index (κ2) is 15.7. The van der Waals surface area contributed by atoms with Crippen LogP contribution in [0, 0.1) is 5.92 Å². The lowest BCUT2D eigenvalue weighted by Crippen LogP contribution is -2.37. The van der Waals surface area contributed by atoms with Gasteiger partial charge < -0.3 is 25.4 Å². The first-order valence-electron chi connectivity index (χ1n) is 15.0. The van der Waals surface area contributed by atoms with Crippen molar-refractivity contribution in [2.75, 3.05) is 30.8 Å². The monoisotopic (exact) mass is 605 g/mol. The number of piperidine rings is 1. The highest BCUT2D eigenvalue weighted by Gasteiger charge is 2.17. The molecule has 3 aromatic rings. The van der Waals surface area contributed by atoms with Crippen LogP contribution in [0.25, 0.3) is 5.57 Å². The Morgan fingerprint density at radius 1 is 1.00 bits per heavy atom. The van der Waals surface area contributed by atoms with E-state index in [1.807, 2.05) is 44.2 Å². The van der Waals surface area contributed by atoms with Gasteiger partial charge >= 0.3 is 6.03 Å². The van der Waals surface area contributed by atoms with Gasteiger partial charge in [-0.15, -0.1) is 0 Å². The summed E-state index contributed by atoms with van der Waals surface area (Å²) >= 11 is 1.24. The topological polar surface area (TPSA) is 114 Å². The molecule has 1 saturated heterocycles. The van der Waals surface area contributed by atoms with Crippen LogP contribution in [-0.2, 0) is 11.3 Å². The molecule has 0 aliphatic carbocycles. The maximum atomic E-state index is 13.0. The zero-order chi connectivity index (χ0) is 30.8. The molecular formula is C33H43N5O4S. The second-order valence-electron chi connectivity index (χ2n) is 10.9. The Morgan fingerprint density at radius 2 is 1.70 bits per heavy atom. The fraction of sp³-hybridized carbons (Fsp3) is 0.424. The third kappa shape index (κ3) is 8.89. The molecule has 1 aromatic heterocycles. The molecule has 230 valence electrons. The molecule has 1 aliphatic rings. The van der Waals surface area contributed by atoms with Gasteiger partial charge in [0.2, 0.25) is 5.06 Å². The quantitative estimate of drug-likeness (QED) is 0.171. The molecule has 1 aliphatic heterocycles. The predicted molar refractivity (Wildman–Crippen MR) is 174 cm³/mol. The summed E-state index contributed by atoms with van der Waals surface area (Å²) < 4.78 is 11.5. The predicted octanol–water partition coefficient (Wildman–Crippen LogP) is 7.44. The van der Waals surface area contributed by atoms with Gasteiger partial charge in [0, 0.05) is 30.0 Å². The van der Waals surface area contributed by atoms with Gasteiger partial charge in [-0.3, -0.25) is 10.1 Å². The zero-order valence-electron chi connectivity index (χ0n) is 25.7. The number of anilines is 2. The Hall–Kier alpha value is -3.73. The number of ether oxygens (including phenoxy) is 2. The Balaban J connectivity index is 1.40. The minimum Gasteiger partial charge on any atom is -0.445 e. The number of urea groups is 1. The molecule has 3 amide bonds. The number of aromatic nitrogens is 1. The first-order valence-corrected chi connectivity index (χ1v) is 15.8. The minimum atomic E-state index is -0.248. The summed E-state index contributed by atoms with van der Waals surface area (Å²) in [6, 6.07) is 13.1. The SMILES string of the molecule is CCC(CC)NC(=O)Nc1ccc(Oc2cnc(NC(=O)c3ccc(C(=C4CCNCC4)C(C)C)cc3)s2)c(COC)c1. The number of carbonyl (C=O) groups is 2. The van der Waals surface area contributed by atoms with E-state index in [1.54, 1.807) is 25.4 Å². The number of carbonyl (C=O) groups excluding carboxylic acids is 2. The molecule has 2 heterocycles. The fourth-order valence-corrected chi connectivity index (χ4v) is 5.93. The van der Waals surface area contributed by atoms with Crippen LogP contribution in [-0.4, -0.2) is 43.2 Å². The molecule has 0 saturated carbocycles. The Bertz CT molecular complexity index is 1400. The van der Waals surface area contributed by atoms with Gasteiger partial charge in [0.25, 0.3) is 5.91 Å². The van der Waals surface area contributed by atoms with Crippen molar-refractivity contribution in [2.24, 2.45) is 5.92 Å². The maximum absolute atomic E-state index is 13.0. The number of amides is 3. The molecule has 1 fully saturated rings. The molecule has 10 heteroatoms. The van der Waals surface area contributed by atoms with Crippen molar-refractivity contribution in [3.8, 4) is 10.8 Å². The van der Waals surface area contributed by atoms with Crippen molar-refractivity contribution in [1.29, 1.82) is 0 Å². The number of hydrogen-bond donors (Lipinski definition) is 4. The summed E-state index contributed by atoms with van der Waals surface area (Å²) in [5.41, 5.74) is 6.03. The summed E-state index contributed by atoms with van der Waals surface area (Å²) in [6.45, 7) is 10.9. The van der Waals surface area contributed by atoms with Crippen LogP contribution in [0.3, 0.4) is 0 Å². The Labute approximate surface area is 258 Å². The van der Waals surface area contributed by atoms with Gasteiger partial charge in [-0.05, 0) is 86.2 Å². The number of allylic oxidation sites excluding steroid dienone is 1. The number of nitrogens with one attached hydrogen (secondary N) is 4. The Kier molecular flexibility index (Phi) is 11.7. The van der Waals surface area contributed by atoms with Crippen LogP contribution in [0.5, 0.6) is 10.8 Å². The van der Waals surface area contributed by atoms with Gasteiger partial charge in [-0.1, -0.05) is 56.7 Å². The summed E-state index contributed by atoms with van der Waals surface area (Å²) in [6.07, 6.45) is 5.44. The highest BCUT2D eigenvalue weighted by Crippen LogP contribution is 2.34. The first kappa shape index (κ1) is 32.2. The highest BCUT2D eigenvalue weighted by molar-refractivity contribution is 7.17. The van der Waals surface area contributed by atoms with Gasteiger partial charge in [-0.2, -0.15) is 0 Å². The summed E-state index contributed by atoms with van der Waals surface area (Å²) in [5.74, 6) is 0.765. The molecule has 4 rings (SSSR count).